The number of anilines is 1. The highest BCUT2D eigenvalue weighted by molar-refractivity contribution is 6.30. The van der Waals surface area contributed by atoms with E-state index in [9.17, 15) is 15.0 Å². The molecule has 1 unspecified atom stereocenters. The molecule has 0 bridgehead atoms. The number of ether oxygens (including phenoxy) is 1. The second-order valence-electron chi connectivity index (χ2n) is 8.82. The summed E-state index contributed by atoms with van der Waals surface area (Å²) in [6, 6.07) is 11.0. The summed E-state index contributed by atoms with van der Waals surface area (Å²) < 4.78 is 6.24. The van der Waals surface area contributed by atoms with Gasteiger partial charge in [0.2, 0.25) is 0 Å². The summed E-state index contributed by atoms with van der Waals surface area (Å²) >= 11 is 6.23. The highest BCUT2D eigenvalue weighted by Crippen LogP contribution is 2.40. The summed E-state index contributed by atoms with van der Waals surface area (Å²) in [7, 11) is 0. The van der Waals surface area contributed by atoms with Crippen molar-refractivity contribution < 1.29 is 19.7 Å². The van der Waals surface area contributed by atoms with Crippen LogP contribution >= 0.6 is 11.6 Å². The van der Waals surface area contributed by atoms with E-state index in [1.807, 2.05) is 18.2 Å². The number of aliphatic hydroxyl groups is 1. The quantitative estimate of drug-likeness (QED) is 0.596. The fourth-order valence-corrected chi connectivity index (χ4v) is 5.00. The summed E-state index contributed by atoms with van der Waals surface area (Å²) in [4.78, 5) is 13.9. The van der Waals surface area contributed by atoms with E-state index in [2.05, 4.69) is 11.5 Å². The molecule has 4 rings (SSSR count). The van der Waals surface area contributed by atoms with Crippen molar-refractivity contribution in [2.75, 3.05) is 18.0 Å². The van der Waals surface area contributed by atoms with Gasteiger partial charge in [-0.1, -0.05) is 23.7 Å². The molecule has 0 amide bonds. The number of hydrogen-bond donors (Lipinski definition) is 2. The van der Waals surface area contributed by atoms with Crippen molar-refractivity contribution in [2.45, 2.75) is 44.8 Å². The maximum atomic E-state index is 11.7. The van der Waals surface area contributed by atoms with Gasteiger partial charge in [0.15, 0.2) is 0 Å². The first-order chi connectivity index (χ1) is 15.5. The highest BCUT2D eigenvalue weighted by atomic mass is 35.5. The largest absolute Gasteiger partial charge is 0.487 e. The van der Waals surface area contributed by atoms with Crippen molar-refractivity contribution in [3.05, 3.63) is 70.8 Å². The van der Waals surface area contributed by atoms with E-state index in [-0.39, 0.29) is 11.5 Å². The molecule has 6 heteroatoms. The van der Waals surface area contributed by atoms with Crippen LogP contribution in [-0.4, -0.2) is 35.4 Å². The normalized spacial score (nSPS) is 21.8. The first kappa shape index (κ1) is 22.7. The molecule has 0 aromatic heterocycles. The Kier molecular flexibility index (Phi) is 7.07. The Morgan fingerprint density at radius 3 is 2.78 bits per heavy atom. The van der Waals surface area contributed by atoms with E-state index in [0.29, 0.717) is 18.3 Å². The van der Waals surface area contributed by atoms with Gasteiger partial charge < -0.3 is 19.8 Å². The fourth-order valence-electron chi connectivity index (χ4n) is 4.80. The predicted octanol–water partition coefficient (Wildman–Crippen LogP) is 5.33. The Balaban J connectivity index is 1.65. The summed E-state index contributed by atoms with van der Waals surface area (Å²) in [5.74, 6) is 0.262. The number of aliphatic hydroxyl groups excluding tert-OH is 1. The number of benzene rings is 2. The standard InChI is InChI=1S/C26H30ClNO4/c1-2-24(29)22-10-7-19(22)15-28-12-4-3-5-17-13-21(27)9-6-20(17)16-32-25-11-8-18(26(30)31)14-23(25)28/h2,6,8-9,11,13-14,19,22,24,29H,1,3-5,7,10,12,15-16H2,(H,30,31)/t19?,22-,24-/m0/s1. The van der Waals surface area contributed by atoms with Crippen LogP contribution in [0.25, 0.3) is 0 Å². The van der Waals surface area contributed by atoms with E-state index >= 15 is 0 Å². The van der Waals surface area contributed by atoms with E-state index in [4.69, 9.17) is 16.3 Å². The van der Waals surface area contributed by atoms with Crippen molar-refractivity contribution in [3.8, 4) is 5.75 Å². The predicted molar refractivity (Wildman–Crippen MR) is 127 cm³/mol. The fraction of sp³-hybridized carbons (Fsp3) is 0.423. The number of aryl methyl sites for hydroxylation is 1. The lowest BCUT2D eigenvalue weighted by atomic mass is 9.70. The smallest absolute Gasteiger partial charge is 0.335 e. The van der Waals surface area contributed by atoms with Gasteiger partial charge in [-0.05, 0) is 85.4 Å². The van der Waals surface area contributed by atoms with Crippen molar-refractivity contribution >= 4 is 23.3 Å². The van der Waals surface area contributed by atoms with Gasteiger partial charge in [0.05, 0.1) is 17.4 Å². The molecule has 0 radical (unpaired) electrons. The molecule has 2 aromatic rings. The summed E-state index contributed by atoms with van der Waals surface area (Å²) in [5.41, 5.74) is 3.35. The topological polar surface area (TPSA) is 70.0 Å². The van der Waals surface area contributed by atoms with Crippen molar-refractivity contribution in [3.63, 3.8) is 0 Å². The summed E-state index contributed by atoms with van der Waals surface area (Å²) in [6.07, 6.45) is 6.03. The minimum Gasteiger partial charge on any atom is -0.487 e. The maximum absolute atomic E-state index is 11.7. The molecular formula is C26H30ClNO4. The molecule has 2 aliphatic rings. The minimum absolute atomic E-state index is 0.198. The van der Waals surface area contributed by atoms with Crippen LogP contribution in [0.1, 0.15) is 47.2 Å². The number of aromatic carboxylic acids is 1. The third-order valence-electron chi connectivity index (χ3n) is 6.83. The molecule has 170 valence electrons. The van der Waals surface area contributed by atoms with Gasteiger partial charge in [0, 0.05) is 18.1 Å². The van der Waals surface area contributed by atoms with Gasteiger partial charge >= 0.3 is 5.97 Å². The third-order valence-corrected chi connectivity index (χ3v) is 7.07. The van der Waals surface area contributed by atoms with Gasteiger partial charge in [-0.15, -0.1) is 6.58 Å². The molecule has 1 fully saturated rings. The van der Waals surface area contributed by atoms with E-state index in [1.165, 1.54) is 5.56 Å². The highest BCUT2D eigenvalue weighted by Gasteiger charge is 2.36. The number of halogens is 1. The zero-order valence-electron chi connectivity index (χ0n) is 18.2. The number of carboxylic acid groups (broad SMARTS) is 1. The average Bonchev–Trinajstić information content (AvgIpc) is 2.79. The molecular weight excluding hydrogens is 426 g/mol. The Bertz CT molecular complexity index is 992. The number of hydrogen-bond acceptors (Lipinski definition) is 4. The summed E-state index contributed by atoms with van der Waals surface area (Å²) in [6.45, 7) is 5.70. The minimum atomic E-state index is -0.953. The number of fused-ring (bicyclic) bond motifs is 2. The number of carbonyl (C=O) groups is 1. The number of rotatable bonds is 5. The van der Waals surface area contributed by atoms with E-state index in [0.717, 1.165) is 61.5 Å². The molecule has 1 heterocycles. The molecule has 2 aromatic carbocycles. The Morgan fingerprint density at radius 1 is 1.22 bits per heavy atom. The van der Waals surface area contributed by atoms with Crippen LogP contribution in [0.4, 0.5) is 5.69 Å². The van der Waals surface area contributed by atoms with Crippen LogP contribution < -0.4 is 9.64 Å². The Labute approximate surface area is 194 Å². The summed E-state index contributed by atoms with van der Waals surface area (Å²) in [5, 5.41) is 20.6. The molecule has 0 saturated heterocycles. The molecule has 3 atom stereocenters. The molecule has 0 spiro atoms. The van der Waals surface area contributed by atoms with Crippen molar-refractivity contribution in [2.24, 2.45) is 11.8 Å². The lowest BCUT2D eigenvalue weighted by Gasteiger charge is -2.42. The van der Waals surface area contributed by atoms with Crippen LogP contribution in [0.5, 0.6) is 5.75 Å². The van der Waals surface area contributed by atoms with Gasteiger partial charge in [-0.3, -0.25) is 0 Å². The molecule has 1 aliphatic carbocycles. The third kappa shape index (κ3) is 4.94. The maximum Gasteiger partial charge on any atom is 0.335 e. The lowest BCUT2D eigenvalue weighted by molar-refractivity contribution is 0.0465. The Hall–Kier alpha value is -2.50. The zero-order valence-corrected chi connectivity index (χ0v) is 18.9. The average molecular weight is 456 g/mol. The first-order valence-electron chi connectivity index (χ1n) is 11.3. The van der Waals surface area contributed by atoms with Gasteiger partial charge in [0.1, 0.15) is 12.4 Å². The van der Waals surface area contributed by atoms with Crippen LogP contribution in [0, 0.1) is 11.8 Å². The first-order valence-corrected chi connectivity index (χ1v) is 11.7. The molecule has 1 aliphatic heterocycles. The van der Waals surface area contributed by atoms with E-state index in [1.54, 1.807) is 24.3 Å². The van der Waals surface area contributed by atoms with Crippen LogP contribution in [-0.2, 0) is 13.0 Å². The molecule has 2 N–H and O–H groups in total. The molecule has 5 nitrogen and oxygen atoms in total. The SMILES string of the molecule is C=C[C@H](O)[C@H]1CCC1CN1CCCCc2cc(Cl)ccc2COc2ccc(C(=O)O)cc21. The van der Waals surface area contributed by atoms with E-state index < -0.39 is 12.1 Å². The van der Waals surface area contributed by atoms with Crippen molar-refractivity contribution in [1.82, 2.24) is 0 Å². The molecule has 32 heavy (non-hydrogen) atoms. The zero-order chi connectivity index (χ0) is 22.7. The van der Waals surface area contributed by atoms with Gasteiger partial charge in [0.25, 0.3) is 0 Å². The number of nitrogens with zero attached hydrogens (tertiary/aromatic N) is 1. The van der Waals surface area contributed by atoms with Crippen LogP contribution in [0.2, 0.25) is 5.02 Å². The molecule has 1 saturated carbocycles. The number of carboxylic acids is 1. The van der Waals surface area contributed by atoms with Gasteiger partial charge in [-0.25, -0.2) is 4.79 Å². The lowest BCUT2D eigenvalue weighted by Crippen LogP contribution is -2.43. The second-order valence-corrected chi connectivity index (χ2v) is 9.26. The van der Waals surface area contributed by atoms with Crippen LogP contribution in [0.3, 0.4) is 0 Å². The van der Waals surface area contributed by atoms with Gasteiger partial charge in [-0.2, -0.15) is 0 Å². The second kappa shape index (κ2) is 9.97. The Morgan fingerprint density at radius 2 is 2.06 bits per heavy atom. The van der Waals surface area contributed by atoms with Crippen molar-refractivity contribution in [1.29, 1.82) is 0 Å². The van der Waals surface area contributed by atoms with Crippen LogP contribution in [0.15, 0.2) is 49.1 Å². The monoisotopic (exact) mass is 455 g/mol.